The first kappa shape index (κ1) is 15.1. The molecule has 0 unspecified atom stereocenters. The van der Waals surface area contributed by atoms with Gasteiger partial charge in [-0.05, 0) is 30.3 Å². The molecular formula is C13H9ClF3N3O. The Morgan fingerprint density at radius 2 is 1.95 bits per heavy atom. The molecule has 0 aliphatic carbocycles. The van der Waals surface area contributed by atoms with E-state index in [-0.39, 0.29) is 22.1 Å². The number of halogens is 4. The van der Waals surface area contributed by atoms with E-state index in [0.717, 1.165) is 18.2 Å². The van der Waals surface area contributed by atoms with Crippen LogP contribution in [0, 0.1) is 0 Å². The molecule has 1 heterocycles. The number of nitrogens with zero attached hydrogens (tertiary/aromatic N) is 1. The van der Waals surface area contributed by atoms with Crippen LogP contribution in [0.5, 0.6) is 0 Å². The Labute approximate surface area is 122 Å². The molecule has 0 saturated carbocycles. The predicted octanol–water partition coefficient (Wildman–Crippen LogP) is 3.59. The van der Waals surface area contributed by atoms with Crippen LogP contribution >= 0.6 is 11.6 Å². The van der Waals surface area contributed by atoms with Crippen LogP contribution in [0.3, 0.4) is 0 Å². The van der Waals surface area contributed by atoms with Crippen molar-refractivity contribution in [3.8, 4) is 0 Å². The highest BCUT2D eigenvalue weighted by Gasteiger charge is 2.31. The van der Waals surface area contributed by atoms with Gasteiger partial charge in [0.15, 0.2) is 0 Å². The molecule has 0 spiro atoms. The maximum atomic E-state index is 12.6. The number of aromatic nitrogens is 1. The monoisotopic (exact) mass is 315 g/mol. The van der Waals surface area contributed by atoms with E-state index in [1.54, 1.807) is 0 Å². The number of nitrogens with one attached hydrogen (secondary N) is 1. The lowest BCUT2D eigenvalue weighted by Crippen LogP contribution is -2.14. The third kappa shape index (κ3) is 3.63. The first-order valence-corrected chi connectivity index (χ1v) is 6.05. The summed E-state index contributed by atoms with van der Waals surface area (Å²) in [6.07, 6.45) is -3.21. The van der Waals surface area contributed by atoms with Gasteiger partial charge in [0.05, 0.1) is 16.3 Å². The molecule has 21 heavy (non-hydrogen) atoms. The average molecular weight is 316 g/mol. The van der Waals surface area contributed by atoms with Gasteiger partial charge in [-0.1, -0.05) is 11.6 Å². The highest BCUT2D eigenvalue weighted by atomic mass is 35.5. The molecule has 0 atom stereocenters. The number of hydrogen-bond acceptors (Lipinski definition) is 3. The van der Waals surface area contributed by atoms with Gasteiger partial charge in [0.2, 0.25) is 0 Å². The van der Waals surface area contributed by atoms with Gasteiger partial charge in [0.1, 0.15) is 5.82 Å². The fraction of sp³-hybridized carbons (Fsp3) is 0.0769. The molecule has 0 radical (unpaired) electrons. The van der Waals surface area contributed by atoms with Crippen molar-refractivity contribution in [2.45, 2.75) is 6.18 Å². The van der Waals surface area contributed by atoms with Crippen LogP contribution in [0.15, 0.2) is 36.5 Å². The molecule has 4 nitrogen and oxygen atoms in total. The van der Waals surface area contributed by atoms with Crippen LogP contribution in [0.25, 0.3) is 0 Å². The SMILES string of the molecule is Nc1cc(C(=O)Nc2cc(C(F)(F)F)ccc2Cl)ccn1. The van der Waals surface area contributed by atoms with Crippen LogP contribution in [-0.4, -0.2) is 10.9 Å². The zero-order valence-corrected chi connectivity index (χ0v) is 11.2. The van der Waals surface area contributed by atoms with E-state index in [0.29, 0.717) is 0 Å². The lowest BCUT2D eigenvalue weighted by molar-refractivity contribution is -0.137. The summed E-state index contributed by atoms with van der Waals surface area (Å²) in [5.41, 5.74) is 4.56. The number of alkyl halides is 3. The van der Waals surface area contributed by atoms with Crippen LogP contribution in [0.2, 0.25) is 5.02 Å². The number of hydrogen-bond donors (Lipinski definition) is 2. The molecule has 1 aromatic heterocycles. The van der Waals surface area contributed by atoms with Crippen molar-refractivity contribution in [1.29, 1.82) is 0 Å². The lowest BCUT2D eigenvalue weighted by Gasteiger charge is -2.11. The highest BCUT2D eigenvalue weighted by Crippen LogP contribution is 2.33. The zero-order chi connectivity index (χ0) is 15.6. The predicted molar refractivity (Wildman–Crippen MR) is 73.1 cm³/mol. The minimum absolute atomic E-state index is 0.00150. The normalized spacial score (nSPS) is 11.2. The largest absolute Gasteiger partial charge is 0.416 e. The van der Waals surface area contributed by atoms with Crippen LogP contribution in [-0.2, 0) is 6.18 Å². The first-order valence-electron chi connectivity index (χ1n) is 5.67. The number of rotatable bonds is 2. The fourth-order valence-corrected chi connectivity index (χ4v) is 1.75. The molecule has 2 aromatic rings. The molecule has 2 rings (SSSR count). The summed E-state index contributed by atoms with van der Waals surface area (Å²) in [6, 6.07) is 5.36. The molecule has 0 fully saturated rings. The minimum atomic E-state index is -4.52. The van der Waals surface area contributed by atoms with Crippen molar-refractivity contribution < 1.29 is 18.0 Å². The topological polar surface area (TPSA) is 68.0 Å². The number of pyridine rings is 1. The maximum Gasteiger partial charge on any atom is 0.416 e. The van der Waals surface area contributed by atoms with Crippen molar-refractivity contribution in [2.24, 2.45) is 0 Å². The number of anilines is 2. The van der Waals surface area contributed by atoms with Gasteiger partial charge in [-0.25, -0.2) is 4.98 Å². The van der Waals surface area contributed by atoms with Gasteiger partial charge in [0.25, 0.3) is 5.91 Å². The van der Waals surface area contributed by atoms with Crippen molar-refractivity contribution in [1.82, 2.24) is 4.98 Å². The minimum Gasteiger partial charge on any atom is -0.384 e. The van der Waals surface area contributed by atoms with Gasteiger partial charge in [-0.2, -0.15) is 13.2 Å². The average Bonchev–Trinajstić information content (AvgIpc) is 2.40. The van der Waals surface area contributed by atoms with Crippen molar-refractivity contribution in [3.05, 3.63) is 52.7 Å². The van der Waals surface area contributed by atoms with Gasteiger partial charge in [-0.3, -0.25) is 4.79 Å². The summed E-state index contributed by atoms with van der Waals surface area (Å²) >= 11 is 5.79. The number of nitrogen functional groups attached to an aromatic ring is 1. The van der Waals surface area contributed by atoms with E-state index >= 15 is 0 Å². The Morgan fingerprint density at radius 3 is 2.57 bits per heavy atom. The molecule has 0 aliphatic heterocycles. The third-order valence-corrected chi connectivity index (χ3v) is 2.91. The Hall–Kier alpha value is -2.28. The summed E-state index contributed by atoms with van der Waals surface area (Å²) in [5, 5.41) is 2.31. The van der Waals surface area contributed by atoms with Crippen molar-refractivity contribution in [2.75, 3.05) is 11.1 Å². The molecule has 1 aromatic carbocycles. The molecule has 0 saturated heterocycles. The number of nitrogens with two attached hydrogens (primary N) is 1. The molecule has 0 bridgehead atoms. The number of amides is 1. The molecule has 1 amide bonds. The van der Waals surface area contributed by atoms with Gasteiger partial charge >= 0.3 is 6.18 Å². The second-order valence-corrected chi connectivity index (χ2v) is 4.52. The molecule has 0 aliphatic rings. The highest BCUT2D eigenvalue weighted by molar-refractivity contribution is 6.34. The van der Waals surface area contributed by atoms with E-state index in [1.807, 2.05) is 0 Å². The summed E-state index contributed by atoms with van der Waals surface area (Å²) in [7, 11) is 0. The molecule has 110 valence electrons. The number of carbonyl (C=O) groups excluding carboxylic acids is 1. The Kier molecular flexibility index (Phi) is 4.04. The van der Waals surface area contributed by atoms with Crippen LogP contribution in [0.4, 0.5) is 24.7 Å². The standard InChI is InChI=1S/C13H9ClF3N3O/c14-9-2-1-8(13(15,16)17)6-10(9)20-12(21)7-3-4-19-11(18)5-7/h1-6H,(H2,18,19)(H,20,21). The van der Waals surface area contributed by atoms with Gasteiger partial charge in [0, 0.05) is 11.8 Å². The molecule has 3 N–H and O–H groups in total. The van der Waals surface area contributed by atoms with E-state index in [9.17, 15) is 18.0 Å². The second kappa shape index (κ2) is 5.61. The van der Waals surface area contributed by atoms with E-state index in [2.05, 4.69) is 10.3 Å². The summed E-state index contributed by atoms with van der Waals surface area (Å²) in [4.78, 5) is 15.7. The second-order valence-electron chi connectivity index (χ2n) is 4.12. The zero-order valence-electron chi connectivity index (χ0n) is 10.4. The Morgan fingerprint density at radius 1 is 1.24 bits per heavy atom. The Balaban J connectivity index is 2.29. The smallest absolute Gasteiger partial charge is 0.384 e. The van der Waals surface area contributed by atoms with Crippen LogP contribution in [0.1, 0.15) is 15.9 Å². The van der Waals surface area contributed by atoms with E-state index in [1.165, 1.54) is 18.3 Å². The van der Waals surface area contributed by atoms with Gasteiger partial charge < -0.3 is 11.1 Å². The van der Waals surface area contributed by atoms with Crippen molar-refractivity contribution >= 4 is 29.0 Å². The lowest BCUT2D eigenvalue weighted by atomic mass is 10.2. The fourth-order valence-electron chi connectivity index (χ4n) is 1.58. The summed E-state index contributed by atoms with van der Waals surface area (Å²) in [6.45, 7) is 0. The van der Waals surface area contributed by atoms with Crippen LogP contribution < -0.4 is 11.1 Å². The van der Waals surface area contributed by atoms with E-state index < -0.39 is 17.6 Å². The third-order valence-electron chi connectivity index (χ3n) is 2.59. The summed E-state index contributed by atoms with van der Waals surface area (Å²) in [5.74, 6) is -0.511. The van der Waals surface area contributed by atoms with E-state index in [4.69, 9.17) is 17.3 Å². The molecular weight excluding hydrogens is 307 g/mol. The maximum absolute atomic E-state index is 12.6. The quantitative estimate of drug-likeness (QED) is 0.890. The first-order chi connectivity index (χ1) is 9.77. The van der Waals surface area contributed by atoms with Crippen molar-refractivity contribution in [3.63, 3.8) is 0 Å². The Bertz CT molecular complexity index is 689. The number of carbonyl (C=O) groups is 1. The summed E-state index contributed by atoms with van der Waals surface area (Å²) < 4.78 is 37.9. The number of benzene rings is 1. The van der Waals surface area contributed by atoms with Gasteiger partial charge in [-0.15, -0.1) is 0 Å². The molecule has 8 heteroatoms.